The van der Waals surface area contributed by atoms with Gasteiger partial charge in [-0.25, -0.2) is 0 Å². The van der Waals surface area contributed by atoms with Gasteiger partial charge in [0.15, 0.2) is 18.1 Å². The average Bonchev–Trinajstić information content (AvgIpc) is 3.27. The Hall–Kier alpha value is -5.23. The number of aryl methyl sites for hydroxylation is 1. The number of aromatic hydroxyl groups is 1. The number of oxime groups is 1. The molecule has 214 valence electrons. The molecule has 9 heteroatoms. The molecule has 3 aromatic rings. The number of carbonyl (C=O) groups is 2. The number of ether oxygens (including phenoxy) is 2. The molecule has 1 aliphatic heterocycles. The number of ketones is 1. The molecule has 1 amide bonds. The van der Waals surface area contributed by atoms with Crippen LogP contribution in [0, 0.1) is 18.8 Å². The van der Waals surface area contributed by atoms with E-state index >= 15 is 0 Å². The SMILES string of the molecule is CC#CCON=C(C)C1=C(O)C=C2Oc3c(C(=O)NCc4c(C)ccc5ccccc45)c(OC)cc(O)c3[C@]2(C)C1=O. The van der Waals surface area contributed by atoms with Gasteiger partial charge >= 0.3 is 0 Å². The number of amides is 1. The molecular weight excluding hydrogens is 536 g/mol. The lowest BCUT2D eigenvalue weighted by Crippen LogP contribution is -2.38. The standard InChI is InChI=1S/C33H30N2O7/c1-6-7-14-41-35-19(3)27-23(36)16-26-33(4,31(27)38)29-24(37)15-25(40-5)28(30(29)42-26)32(39)34-17-22-18(2)12-13-20-10-8-9-11-21(20)22/h8-13,15-16,36-37H,14,17H2,1-5H3,(H,34,39)/t33-/m1/s1. The fourth-order valence-corrected chi connectivity index (χ4v) is 5.45. The number of Topliss-reactive ketones (excluding diaryl/α,β-unsaturated/α-hetero) is 1. The summed E-state index contributed by atoms with van der Waals surface area (Å²) >= 11 is 0. The van der Waals surface area contributed by atoms with Crippen LogP contribution in [-0.2, 0) is 21.6 Å². The lowest BCUT2D eigenvalue weighted by molar-refractivity contribution is -0.119. The van der Waals surface area contributed by atoms with Crippen LogP contribution in [-0.4, -0.2) is 41.3 Å². The van der Waals surface area contributed by atoms with Gasteiger partial charge in [0, 0.05) is 18.7 Å². The first-order chi connectivity index (χ1) is 20.1. The normalized spacial score (nSPS) is 17.5. The molecule has 2 aliphatic rings. The number of phenols is 1. The van der Waals surface area contributed by atoms with E-state index in [1.807, 2.05) is 43.3 Å². The summed E-state index contributed by atoms with van der Waals surface area (Å²) in [5.41, 5.74) is 0.526. The molecular formula is C33H30N2O7. The molecule has 0 fully saturated rings. The first-order valence-corrected chi connectivity index (χ1v) is 13.3. The van der Waals surface area contributed by atoms with E-state index in [1.54, 1.807) is 13.8 Å². The summed E-state index contributed by atoms with van der Waals surface area (Å²) in [6.07, 6.45) is 1.29. The number of phenolic OH excluding ortho intramolecular Hbond substituents is 1. The van der Waals surface area contributed by atoms with Crippen LogP contribution in [0.3, 0.4) is 0 Å². The van der Waals surface area contributed by atoms with Crippen LogP contribution in [0.4, 0.5) is 0 Å². The van der Waals surface area contributed by atoms with Gasteiger partial charge in [-0.05, 0) is 49.6 Å². The van der Waals surface area contributed by atoms with Crippen LogP contribution in [0.15, 0.2) is 70.8 Å². The Labute approximate surface area is 243 Å². The lowest BCUT2D eigenvalue weighted by Gasteiger charge is -2.28. The Morgan fingerprint density at radius 1 is 1.19 bits per heavy atom. The third-order valence-electron chi connectivity index (χ3n) is 7.66. The molecule has 42 heavy (non-hydrogen) atoms. The first kappa shape index (κ1) is 28.3. The Bertz CT molecular complexity index is 1810. The molecule has 5 rings (SSSR count). The maximum absolute atomic E-state index is 13.9. The van der Waals surface area contributed by atoms with E-state index in [1.165, 1.54) is 26.2 Å². The number of methoxy groups -OCH3 is 1. The second-order valence-electron chi connectivity index (χ2n) is 10.1. The second-order valence-corrected chi connectivity index (χ2v) is 10.1. The smallest absolute Gasteiger partial charge is 0.259 e. The Balaban J connectivity index is 1.54. The molecule has 0 radical (unpaired) electrons. The summed E-state index contributed by atoms with van der Waals surface area (Å²) in [7, 11) is 1.37. The predicted molar refractivity (Wildman–Crippen MR) is 158 cm³/mol. The summed E-state index contributed by atoms with van der Waals surface area (Å²) in [5.74, 6) is 3.68. The Morgan fingerprint density at radius 3 is 2.69 bits per heavy atom. The maximum atomic E-state index is 13.9. The molecule has 0 bridgehead atoms. The Morgan fingerprint density at radius 2 is 1.95 bits per heavy atom. The minimum atomic E-state index is -1.56. The van der Waals surface area contributed by atoms with E-state index in [2.05, 4.69) is 22.3 Å². The highest BCUT2D eigenvalue weighted by Gasteiger charge is 2.55. The Kier molecular flexibility index (Phi) is 7.40. The monoisotopic (exact) mass is 566 g/mol. The van der Waals surface area contributed by atoms with Crippen molar-refractivity contribution in [3.63, 3.8) is 0 Å². The van der Waals surface area contributed by atoms with Gasteiger partial charge in [0.1, 0.15) is 34.0 Å². The number of aliphatic hydroxyl groups is 1. The van der Waals surface area contributed by atoms with Crippen LogP contribution >= 0.6 is 0 Å². The van der Waals surface area contributed by atoms with Crippen molar-refractivity contribution >= 4 is 28.2 Å². The molecule has 1 atom stereocenters. The van der Waals surface area contributed by atoms with Gasteiger partial charge in [-0.1, -0.05) is 47.5 Å². The van der Waals surface area contributed by atoms with Crippen molar-refractivity contribution in [3.05, 3.63) is 87.9 Å². The minimum absolute atomic E-state index is 0.0116. The number of allylic oxidation sites excluding steroid dienone is 3. The zero-order valence-corrected chi connectivity index (χ0v) is 23.9. The molecule has 0 aromatic heterocycles. The van der Waals surface area contributed by atoms with E-state index in [0.29, 0.717) is 0 Å². The summed E-state index contributed by atoms with van der Waals surface area (Å²) in [6, 6.07) is 13.2. The molecule has 0 saturated carbocycles. The fraction of sp³-hybridized carbons (Fsp3) is 0.242. The van der Waals surface area contributed by atoms with Gasteiger partial charge in [0.25, 0.3) is 5.91 Å². The van der Waals surface area contributed by atoms with Crippen LogP contribution in [0.5, 0.6) is 17.2 Å². The number of hydrogen-bond donors (Lipinski definition) is 3. The number of nitrogens with zero attached hydrogens (tertiary/aromatic N) is 1. The topological polar surface area (TPSA) is 127 Å². The van der Waals surface area contributed by atoms with E-state index in [0.717, 1.165) is 21.9 Å². The van der Waals surface area contributed by atoms with Crippen molar-refractivity contribution in [1.29, 1.82) is 0 Å². The molecule has 0 saturated heterocycles. The van der Waals surface area contributed by atoms with Crippen molar-refractivity contribution in [3.8, 4) is 29.1 Å². The molecule has 3 N–H and O–H groups in total. The van der Waals surface area contributed by atoms with Crippen molar-refractivity contribution in [2.24, 2.45) is 5.16 Å². The molecule has 1 heterocycles. The summed E-state index contributed by atoms with van der Waals surface area (Å²) in [5, 5.41) is 30.8. The van der Waals surface area contributed by atoms with Crippen LogP contribution in [0.2, 0.25) is 0 Å². The number of hydrogen-bond acceptors (Lipinski definition) is 8. The highest BCUT2D eigenvalue weighted by molar-refractivity contribution is 6.27. The van der Waals surface area contributed by atoms with Gasteiger partial charge in [-0.15, -0.1) is 5.92 Å². The molecule has 3 aromatic carbocycles. The number of nitrogens with one attached hydrogen (secondary N) is 1. The van der Waals surface area contributed by atoms with E-state index in [9.17, 15) is 19.8 Å². The van der Waals surface area contributed by atoms with Crippen molar-refractivity contribution in [2.75, 3.05) is 13.7 Å². The van der Waals surface area contributed by atoms with Crippen molar-refractivity contribution in [2.45, 2.75) is 39.7 Å². The zero-order valence-electron chi connectivity index (χ0n) is 23.9. The zero-order chi connectivity index (χ0) is 30.2. The molecule has 1 aliphatic carbocycles. The number of aliphatic hydroxyl groups excluding tert-OH is 1. The highest BCUT2D eigenvalue weighted by Crippen LogP contribution is 2.56. The van der Waals surface area contributed by atoms with E-state index in [4.69, 9.17) is 14.3 Å². The number of rotatable bonds is 7. The number of benzene rings is 3. The van der Waals surface area contributed by atoms with Crippen LogP contribution in [0.1, 0.15) is 47.8 Å². The van der Waals surface area contributed by atoms with Gasteiger partial charge in [0.05, 0.1) is 24.0 Å². The number of fused-ring (bicyclic) bond motifs is 4. The van der Waals surface area contributed by atoms with Crippen molar-refractivity contribution in [1.82, 2.24) is 5.32 Å². The van der Waals surface area contributed by atoms with Gasteiger partial charge in [-0.2, -0.15) is 0 Å². The minimum Gasteiger partial charge on any atom is -0.507 e. The van der Waals surface area contributed by atoms with Crippen LogP contribution in [0.25, 0.3) is 10.8 Å². The molecule has 9 nitrogen and oxygen atoms in total. The van der Waals surface area contributed by atoms with Crippen LogP contribution < -0.4 is 14.8 Å². The highest BCUT2D eigenvalue weighted by atomic mass is 16.6. The first-order valence-electron chi connectivity index (χ1n) is 13.3. The van der Waals surface area contributed by atoms with Gasteiger partial charge in [-0.3, -0.25) is 9.59 Å². The average molecular weight is 567 g/mol. The number of carbonyl (C=O) groups excluding carboxylic acids is 2. The molecule has 0 spiro atoms. The summed E-state index contributed by atoms with van der Waals surface area (Å²) in [4.78, 5) is 32.8. The summed E-state index contributed by atoms with van der Waals surface area (Å²) < 4.78 is 11.5. The predicted octanol–water partition coefficient (Wildman–Crippen LogP) is 5.14. The third-order valence-corrected chi connectivity index (χ3v) is 7.66. The second kappa shape index (κ2) is 11.0. The van der Waals surface area contributed by atoms with Crippen molar-refractivity contribution < 1.29 is 34.1 Å². The quantitative estimate of drug-likeness (QED) is 0.157. The van der Waals surface area contributed by atoms with E-state index in [-0.39, 0.29) is 64.3 Å². The van der Waals surface area contributed by atoms with Gasteiger partial charge in [0.2, 0.25) is 0 Å². The largest absolute Gasteiger partial charge is 0.507 e. The lowest BCUT2D eigenvalue weighted by atomic mass is 9.71. The fourth-order valence-electron chi connectivity index (χ4n) is 5.45. The third kappa shape index (κ3) is 4.51. The summed E-state index contributed by atoms with van der Waals surface area (Å²) in [6.45, 7) is 6.94. The van der Waals surface area contributed by atoms with Gasteiger partial charge < -0.3 is 29.8 Å². The maximum Gasteiger partial charge on any atom is 0.259 e. The van der Waals surface area contributed by atoms with E-state index < -0.39 is 17.1 Å². The molecule has 0 unspecified atom stereocenters.